The van der Waals surface area contributed by atoms with Crippen molar-refractivity contribution in [2.45, 2.75) is 31.0 Å². The summed E-state index contributed by atoms with van der Waals surface area (Å²) in [5.41, 5.74) is -0.0129. The normalized spacial score (nSPS) is 12.8. The molecule has 0 spiro atoms. The van der Waals surface area contributed by atoms with Crippen molar-refractivity contribution in [1.82, 2.24) is 0 Å². The quantitative estimate of drug-likeness (QED) is 0.0723. The van der Waals surface area contributed by atoms with Crippen molar-refractivity contribution < 1.29 is 48.0 Å². The fourth-order valence-electron chi connectivity index (χ4n) is 4.08. The number of hydrogen-bond donors (Lipinski definition) is 0. The molecule has 254 valence electrons. The lowest BCUT2D eigenvalue weighted by molar-refractivity contribution is -0.0597. The Bertz CT molecular complexity index is 1900. The number of halogens is 3. The van der Waals surface area contributed by atoms with Crippen LogP contribution in [0.3, 0.4) is 0 Å². The Morgan fingerprint density at radius 3 is 1.46 bits per heavy atom. The van der Waals surface area contributed by atoms with E-state index in [1.807, 2.05) is 0 Å². The standard InChI is InChI=1S/C33H31F3N2O8S2/c1-25(37-45-47(39,40)23-26-9-4-2-5-10-26)28-13-17-30(18-14-28)43-21-8-22-44-31-19-15-29(16-20-31)32(33(34,35)36)38-46-48(41,42)24-27-11-6-3-7-12-27/h2-7,9-20H,8,21-24H2,1H3/b37-25+,38-32-. The number of ether oxygens (including phenoxy) is 2. The molecule has 0 aliphatic carbocycles. The number of rotatable bonds is 16. The molecule has 0 aliphatic rings. The predicted octanol–water partition coefficient (Wildman–Crippen LogP) is 6.62. The second kappa shape index (κ2) is 16.3. The minimum Gasteiger partial charge on any atom is -0.493 e. The molecule has 0 saturated carbocycles. The molecule has 0 atom stereocenters. The first-order valence-corrected chi connectivity index (χ1v) is 17.5. The summed E-state index contributed by atoms with van der Waals surface area (Å²) < 4.78 is 110. The van der Waals surface area contributed by atoms with Crippen LogP contribution in [0.15, 0.2) is 120 Å². The van der Waals surface area contributed by atoms with Crippen molar-refractivity contribution >= 4 is 31.7 Å². The van der Waals surface area contributed by atoms with Crippen LogP contribution in [-0.4, -0.2) is 47.6 Å². The van der Waals surface area contributed by atoms with Gasteiger partial charge in [-0.15, -0.1) is 0 Å². The molecule has 0 saturated heterocycles. The van der Waals surface area contributed by atoms with E-state index in [1.165, 1.54) is 24.3 Å². The maximum absolute atomic E-state index is 13.7. The Morgan fingerprint density at radius 1 is 0.604 bits per heavy atom. The van der Waals surface area contributed by atoms with Gasteiger partial charge in [-0.3, -0.25) is 8.57 Å². The van der Waals surface area contributed by atoms with Crippen LogP contribution in [0, 0.1) is 0 Å². The van der Waals surface area contributed by atoms with E-state index in [4.69, 9.17) is 13.8 Å². The first-order chi connectivity index (χ1) is 22.8. The van der Waals surface area contributed by atoms with E-state index in [1.54, 1.807) is 79.7 Å². The third kappa shape index (κ3) is 11.7. The molecule has 0 fully saturated rings. The number of benzene rings is 4. The molecular formula is C33H31F3N2O8S2. The Hall–Kier alpha value is -4.89. The van der Waals surface area contributed by atoms with Crippen LogP contribution < -0.4 is 9.47 Å². The summed E-state index contributed by atoms with van der Waals surface area (Å²) in [6, 6.07) is 28.0. The first kappa shape index (κ1) is 36.0. The van der Waals surface area contributed by atoms with Crippen LogP contribution in [0.4, 0.5) is 13.2 Å². The van der Waals surface area contributed by atoms with Crippen LogP contribution in [0.2, 0.25) is 0 Å². The number of alkyl halides is 3. The van der Waals surface area contributed by atoms with Crippen molar-refractivity contribution in [1.29, 1.82) is 0 Å². The van der Waals surface area contributed by atoms with Gasteiger partial charge in [0.15, 0.2) is 5.71 Å². The lowest BCUT2D eigenvalue weighted by atomic mass is 10.1. The zero-order valence-corrected chi connectivity index (χ0v) is 27.2. The molecule has 48 heavy (non-hydrogen) atoms. The minimum absolute atomic E-state index is 0.194. The van der Waals surface area contributed by atoms with E-state index < -0.39 is 43.4 Å². The van der Waals surface area contributed by atoms with Gasteiger partial charge in [0, 0.05) is 12.0 Å². The average molecular weight is 705 g/mol. The maximum Gasteiger partial charge on any atom is 0.437 e. The Kier molecular flexibility index (Phi) is 12.2. The topological polar surface area (TPSA) is 130 Å². The van der Waals surface area contributed by atoms with Gasteiger partial charge in [-0.05, 0) is 72.1 Å². The average Bonchev–Trinajstić information content (AvgIpc) is 3.04. The molecule has 4 rings (SSSR count). The molecule has 0 aliphatic heterocycles. The van der Waals surface area contributed by atoms with E-state index in [0.29, 0.717) is 34.6 Å². The van der Waals surface area contributed by atoms with Gasteiger partial charge >= 0.3 is 26.4 Å². The van der Waals surface area contributed by atoms with E-state index in [2.05, 4.69) is 14.6 Å². The van der Waals surface area contributed by atoms with Crippen molar-refractivity contribution in [3.63, 3.8) is 0 Å². The molecule has 4 aromatic rings. The maximum atomic E-state index is 13.7. The monoisotopic (exact) mass is 704 g/mol. The fraction of sp³-hybridized carbons (Fsp3) is 0.212. The van der Waals surface area contributed by atoms with Gasteiger partial charge < -0.3 is 9.47 Å². The molecule has 0 radical (unpaired) electrons. The van der Waals surface area contributed by atoms with Crippen LogP contribution in [0.1, 0.15) is 35.6 Å². The van der Waals surface area contributed by atoms with Crippen molar-refractivity contribution in [3.05, 3.63) is 131 Å². The summed E-state index contributed by atoms with van der Waals surface area (Å²) in [6.45, 7) is 2.07. The smallest absolute Gasteiger partial charge is 0.437 e. The molecule has 0 unspecified atom stereocenters. The van der Waals surface area contributed by atoms with Crippen molar-refractivity contribution in [2.24, 2.45) is 10.3 Å². The SMILES string of the molecule is C/C(=N\OS(=O)(=O)Cc1ccccc1)c1ccc(OCCCOc2ccc(/C(=N/OS(=O)(=O)Cc3ccccc3)C(F)(F)F)cc2)cc1. The summed E-state index contributed by atoms with van der Waals surface area (Å²) in [5.74, 6) is -0.122. The molecule has 0 N–H and O–H groups in total. The largest absolute Gasteiger partial charge is 0.493 e. The van der Waals surface area contributed by atoms with E-state index in [0.717, 1.165) is 12.1 Å². The summed E-state index contributed by atoms with van der Waals surface area (Å²) >= 11 is 0. The molecule has 0 bridgehead atoms. The van der Waals surface area contributed by atoms with Crippen molar-refractivity contribution in [2.75, 3.05) is 13.2 Å². The van der Waals surface area contributed by atoms with E-state index in [-0.39, 0.29) is 24.7 Å². The van der Waals surface area contributed by atoms with Crippen molar-refractivity contribution in [3.8, 4) is 11.5 Å². The van der Waals surface area contributed by atoms with Gasteiger partial charge in [-0.25, -0.2) is 0 Å². The van der Waals surface area contributed by atoms with Crippen LogP contribution in [0.25, 0.3) is 0 Å². The van der Waals surface area contributed by atoms with Crippen LogP contribution in [0.5, 0.6) is 11.5 Å². The van der Waals surface area contributed by atoms with Crippen LogP contribution >= 0.6 is 0 Å². The van der Waals surface area contributed by atoms with Gasteiger partial charge in [-0.2, -0.15) is 30.0 Å². The fourth-order valence-corrected chi connectivity index (χ4v) is 5.80. The third-order valence-corrected chi connectivity index (χ3v) is 8.37. The predicted molar refractivity (Wildman–Crippen MR) is 174 cm³/mol. The third-order valence-electron chi connectivity index (χ3n) is 6.40. The Labute approximate surface area is 276 Å². The highest BCUT2D eigenvalue weighted by molar-refractivity contribution is 7.86. The van der Waals surface area contributed by atoms with Gasteiger partial charge in [0.1, 0.15) is 23.0 Å². The highest BCUT2D eigenvalue weighted by Gasteiger charge is 2.38. The van der Waals surface area contributed by atoms with Gasteiger partial charge in [-0.1, -0.05) is 71.0 Å². The molecule has 0 aromatic heterocycles. The van der Waals surface area contributed by atoms with Gasteiger partial charge in [0.25, 0.3) is 0 Å². The molecule has 0 amide bonds. The number of oxime groups is 2. The zero-order valence-electron chi connectivity index (χ0n) is 25.5. The first-order valence-electron chi connectivity index (χ1n) is 14.4. The van der Waals surface area contributed by atoms with Gasteiger partial charge in [0.05, 0.1) is 18.9 Å². The van der Waals surface area contributed by atoms with E-state index in [9.17, 15) is 30.0 Å². The molecule has 4 aromatic carbocycles. The molecule has 10 nitrogen and oxygen atoms in total. The molecular weight excluding hydrogens is 673 g/mol. The lowest BCUT2D eigenvalue weighted by Gasteiger charge is -2.12. The minimum atomic E-state index is -4.98. The Balaban J connectivity index is 1.22. The summed E-state index contributed by atoms with van der Waals surface area (Å²) in [4.78, 5) is 0. The molecule has 15 heteroatoms. The zero-order chi connectivity index (χ0) is 34.6. The summed E-state index contributed by atoms with van der Waals surface area (Å²) in [5, 5.41) is 6.68. The highest BCUT2D eigenvalue weighted by Crippen LogP contribution is 2.25. The molecule has 0 heterocycles. The Morgan fingerprint density at radius 2 is 1.02 bits per heavy atom. The lowest BCUT2D eigenvalue weighted by Crippen LogP contribution is -2.25. The summed E-state index contributed by atoms with van der Waals surface area (Å²) in [7, 11) is -8.33. The van der Waals surface area contributed by atoms with Gasteiger partial charge in [0.2, 0.25) is 0 Å². The second-order valence-electron chi connectivity index (χ2n) is 10.2. The number of nitrogens with zero attached hydrogens (tertiary/aromatic N) is 2. The van der Waals surface area contributed by atoms with Crippen LogP contribution in [-0.2, 0) is 40.3 Å². The highest BCUT2D eigenvalue weighted by atomic mass is 32.2. The summed E-state index contributed by atoms with van der Waals surface area (Å²) in [6.07, 6.45) is -4.54. The van der Waals surface area contributed by atoms with E-state index >= 15 is 0 Å². The second-order valence-corrected chi connectivity index (χ2v) is 13.3. The number of hydrogen-bond acceptors (Lipinski definition) is 10.